The van der Waals surface area contributed by atoms with E-state index < -0.39 is 5.41 Å². The number of hydrogen-bond acceptors (Lipinski definition) is 3. The van der Waals surface area contributed by atoms with Crippen LogP contribution >= 0.6 is 12.4 Å². The van der Waals surface area contributed by atoms with Gasteiger partial charge in [0.1, 0.15) is 0 Å². The van der Waals surface area contributed by atoms with E-state index in [1.165, 1.54) is 19.3 Å². The molecule has 1 saturated heterocycles. The van der Waals surface area contributed by atoms with Crippen molar-refractivity contribution in [3.63, 3.8) is 0 Å². The van der Waals surface area contributed by atoms with E-state index in [0.29, 0.717) is 23.1 Å². The summed E-state index contributed by atoms with van der Waals surface area (Å²) in [5.41, 5.74) is 0.238. The number of nitrogens with zero attached hydrogens (tertiary/aromatic N) is 1. The smallest absolute Gasteiger partial charge is 0.194 e. The Kier molecular flexibility index (Phi) is 6.34. The molecule has 1 aliphatic heterocycles. The molecule has 0 bridgehead atoms. The Labute approximate surface area is 172 Å². The van der Waals surface area contributed by atoms with Crippen LogP contribution in [-0.4, -0.2) is 36.1 Å². The molecule has 0 saturated carbocycles. The number of Topliss-reactive ketones (excluding diaryl/α,β-unsaturated/α-hetero) is 2. The maximum Gasteiger partial charge on any atom is 0.194 e. The zero-order valence-electron chi connectivity index (χ0n) is 15.8. The number of likely N-dealkylation sites (tertiary alicyclic amines) is 1. The molecule has 2 aromatic rings. The Morgan fingerprint density at radius 1 is 0.821 bits per heavy atom. The van der Waals surface area contributed by atoms with Gasteiger partial charge in [-0.3, -0.25) is 9.59 Å². The third kappa shape index (κ3) is 3.51. The van der Waals surface area contributed by atoms with Crippen molar-refractivity contribution in [2.24, 2.45) is 0 Å². The Morgan fingerprint density at radius 2 is 1.39 bits per heavy atom. The van der Waals surface area contributed by atoms with E-state index in [2.05, 4.69) is 16.7 Å². The van der Waals surface area contributed by atoms with E-state index in [9.17, 15) is 9.59 Å². The number of carbonyl (C=O) groups is 2. The SMILES string of the molecule is Cl.O=C1c2ccccc2C(=O)C1(C#CCCN1CCCCC1)c1ccccc1. The highest BCUT2D eigenvalue weighted by Crippen LogP contribution is 2.39. The number of fused-ring (bicyclic) bond motifs is 1. The van der Waals surface area contributed by atoms with Crippen LogP contribution in [0.5, 0.6) is 0 Å². The first-order valence-electron chi connectivity index (χ1n) is 9.70. The van der Waals surface area contributed by atoms with Gasteiger partial charge in [-0.15, -0.1) is 18.3 Å². The molecule has 144 valence electrons. The van der Waals surface area contributed by atoms with Crippen molar-refractivity contribution in [3.05, 3.63) is 71.3 Å². The molecule has 28 heavy (non-hydrogen) atoms. The lowest BCUT2D eigenvalue weighted by Gasteiger charge is -2.25. The molecule has 1 aliphatic carbocycles. The van der Waals surface area contributed by atoms with Crippen LogP contribution in [-0.2, 0) is 5.41 Å². The second-order valence-corrected chi connectivity index (χ2v) is 7.27. The van der Waals surface area contributed by atoms with Gasteiger partial charge in [-0.2, -0.15) is 0 Å². The van der Waals surface area contributed by atoms with E-state index in [1.54, 1.807) is 24.3 Å². The number of piperidine rings is 1. The summed E-state index contributed by atoms with van der Waals surface area (Å²) in [6.07, 6.45) is 4.47. The van der Waals surface area contributed by atoms with Gasteiger partial charge >= 0.3 is 0 Å². The fourth-order valence-electron chi connectivity index (χ4n) is 4.11. The molecule has 0 atom stereocenters. The van der Waals surface area contributed by atoms with E-state index in [-0.39, 0.29) is 24.0 Å². The molecular formula is C24H24ClNO2. The average Bonchev–Trinajstić information content (AvgIpc) is 2.95. The Balaban J connectivity index is 0.00000225. The minimum absolute atomic E-state index is 0. The van der Waals surface area contributed by atoms with Crippen LogP contribution in [0.25, 0.3) is 0 Å². The van der Waals surface area contributed by atoms with Gasteiger partial charge in [0, 0.05) is 24.1 Å². The highest BCUT2D eigenvalue weighted by molar-refractivity contribution is 6.35. The average molecular weight is 394 g/mol. The number of halogens is 1. The Morgan fingerprint density at radius 3 is 2.00 bits per heavy atom. The Hall–Kier alpha value is -2.41. The van der Waals surface area contributed by atoms with Gasteiger partial charge in [-0.05, 0) is 31.5 Å². The quantitative estimate of drug-likeness (QED) is 0.576. The molecule has 1 fully saturated rings. The molecule has 2 aromatic carbocycles. The van der Waals surface area contributed by atoms with Crippen LogP contribution in [0.4, 0.5) is 0 Å². The fourth-order valence-corrected chi connectivity index (χ4v) is 4.11. The number of rotatable bonds is 3. The highest BCUT2D eigenvalue weighted by atomic mass is 35.5. The largest absolute Gasteiger partial charge is 0.302 e. The van der Waals surface area contributed by atoms with Crippen LogP contribution in [0, 0.1) is 11.8 Å². The first kappa shape index (κ1) is 20.3. The molecule has 2 aliphatic rings. The van der Waals surface area contributed by atoms with Gasteiger partial charge in [-0.1, -0.05) is 66.9 Å². The normalized spacial score (nSPS) is 18.0. The molecule has 4 heteroatoms. The van der Waals surface area contributed by atoms with Gasteiger partial charge in [0.2, 0.25) is 0 Å². The van der Waals surface area contributed by atoms with E-state index in [1.807, 2.05) is 30.3 Å². The predicted molar refractivity (Wildman–Crippen MR) is 113 cm³/mol. The predicted octanol–water partition coefficient (Wildman–Crippen LogP) is 4.30. The Bertz CT molecular complexity index is 885. The van der Waals surface area contributed by atoms with Crippen molar-refractivity contribution in [3.8, 4) is 11.8 Å². The van der Waals surface area contributed by atoms with Gasteiger partial charge in [0.25, 0.3) is 0 Å². The summed E-state index contributed by atoms with van der Waals surface area (Å²) in [6.45, 7) is 3.14. The van der Waals surface area contributed by atoms with Crippen LogP contribution < -0.4 is 0 Å². The van der Waals surface area contributed by atoms with Crippen molar-refractivity contribution in [1.82, 2.24) is 4.90 Å². The van der Waals surface area contributed by atoms with E-state index in [0.717, 1.165) is 19.6 Å². The minimum Gasteiger partial charge on any atom is -0.302 e. The van der Waals surface area contributed by atoms with E-state index in [4.69, 9.17) is 0 Å². The van der Waals surface area contributed by atoms with Crippen molar-refractivity contribution >= 4 is 24.0 Å². The maximum absolute atomic E-state index is 13.3. The monoisotopic (exact) mass is 393 g/mol. The fraction of sp³-hybridized carbons (Fsp3) is 0.333. The molecule has 0 radical (unpaired) electrons. The lowest BCUT2D eigenvalue weighted by atomic mass is 9.76. The number of ketones is 2. The van der Waals surface area contributed by atoms with Gasteiger partial charge in [-0.25, -0.2) is 0 Å². The van der Waals surface area contributed by atoms with Gasteiger partial charge < -0.3 is 4.90 Å². The molecule has 3 nitrogen and oxygen atoms in total. The molecule has 0 N–H and O–H groups in total. The van der Waals surface area contributed by atoms with Gasteiger partial charge in [0.15, 0.2) is 17.0 Å². The summed E-state index contributed by atoms with van der Waals surface area (Å²) in [7, 11) is 0. The summed E-state index contributed by atoms with van der Waals surface area (Å²) in [4.78, 5) is 29.0. The highest BCUT2D eigenvalue weighted by Gasteiger charge is 2.53. The third-order valence-corrected chi connectivity index (χ3v) is 5.58. The van der Waals surface area contributed by atoms with Crippen LogP contribution in [0.2, 0.25) is 0 Å². The molecule has 0 aromatic heterocycles. The maximum atomic E-state index is 13.3. The summed E-state index contributed by atoms with van der Waals surface area (Å²) in [6, 6.07) is 16.3. The first-order chi connectivity index (χ1) is 13.2. The van der Waals surface area contributed by atoms with E-state index >= 15 is 0 Å². The molecule has 0 amide bonds. The zero-order chi connectivity index (χ0) is 18.7. The van der Waals surface area contributed by atoms with Crippen LogP contribution in [0.1, 0.15) is 52.0 Å². The number of hydrogen-bond donors (Lipinski definition) is 0. The topological polar surface area (TPSA) is 37.4 Å². The molecular weight excluding hydrogens is 370 g/mol. The number of carbonyl (C=O) groups excluding carboxylic acids is 2. The van der Waals surface area contributed by atoms with Crippen LogP contribution in [0.3, 0.4) is 0 Å². The van der Waals surface area contributed by atoms with Crippen molar-refractivity contribution in [2.45, 2.75) is 31.1 Å². The summed E-state index contributed by atoms with van der Waals surface area (Å²) in [5, 5.41) is 0. The second-order valence-electron chi connectivity index (χ2n) is 7.27. The van der Waals surface area contributed by atoms with Gasteiger partial charge in [0.05, 0.1) is 0 Å². The molecule has 0 unspecified atom stereocenters. The minimum atomic E-state index is -1.40. The zero-order valence-corrected chi connectivity index (χ0v) is 16.6. The molecule has 4 rings (SSSR count). The van der Waals surface area contributed by atoms with Crippen molar-refractivity contribution in [2.75, 3.05) is 19.6 Å². The molecule has 1 heterocycles. The first-order valence-corrected chi connectivity index (χ1v) is 9.70. The lowest BCUT2D eigenvalue weighted by Crippen LogP contribution is -2.37. The van der Waals surface area contributed by atoms with Crippen LogP contribution in [0.15, 0.2) is 54.6 Å². The molecule has 0 spiro atoms. The van der Waals surface area contributed by atoms with Crippen molar-refractivity contribution in [1.29, 1.82) is 0 Å². The number of benzene rings is 2. The summed E-state index contributed by atoms with van der Waals surface area (Å²) < 4.78 is 0. The summed E-state index contributed by atoms with van der Waals surface area (Å²) >= 11 is 0. The standard InChI is InChI=1S/C24H23NO2.ClH/c26-22-20-13-5-6-14-21(20)23(27)24(22,19-11-3-1-4-12-19)15-7-10-18-25-16-8-2-9-17-25;/h1,3-6,11-14H,2,8-10,16-18H2;1H. The third-order valence-electron chi connectivity index (χ3n) is 5.58. The summed E-state index contributed by atoms with van der Waals surface area (Å²) in [5.74, 6) is 5.91. The van der Waals surface area contributed by atoms with Crippen molar-refractivity contribution < 1.29 is 9.59 Å². The second kappa shape index (κ2) is 8.73. The lowest BCUT2D eigenvalue weighted by molar-refractivity contribution is 0.0842.